The van der Waals surface area contributed by atoms with E-state index in [1.54, 1.807) is 6.07 Å². The third-order valence-electron chi connectivity index (χ3n) is 2.98. The molecule has 88 valence electrons. The fourth-order valence-electron chi connectivity index (χ4n) is 2.07. The van der Waals surface area contributed by atoms with Gasteiger partial charge in [-0.25, -0.2) is 0 Å². The number of ether oxygens (including phenoxy) is 1. The number of hydrogen-bond acceptors (Lipinski definition) is 3. The molecule has 2 N–H and O–H groups in total. The second kappa shape index (κ2) is 4.93. The minimum absolute atomic E-state index is 0.412. The van der Waals surface area contributed by atoms with Crippen LogP contribution in [0.1, 0.15) is 13.3 Å². The lowest BCUT2D eigenvalue weighted by Gasteiger charge is -2.37. The highest BCUT2D eigenvalue weighted by Gasteiger charge is 2.23. The van der Waals surface area contributed by atoms with E-state index in [1.807, 2.05) is 12.1 Å². The summed E-state index contributed by atoms with van der Waals surface area (Å²) in [6.45, 7) is 4.59. The van der Waals surface area contributed by atoms with Gasteiger partial charge in [-0.3, -0.25) is 0 Å². The van der Waals surface area contributed by atoms with Crippen LogP contribution in [0.2, 0.25) is 5.02 Å². The van der Waals surface area contributed by atoms with E-state index in [2.05, 4.69) is 11.8 Å². The Morgan fingerprint density at radius 1 is 1.56 bits per heavy atom. The van der Waals surface area contributed by atoms with E-state index in [0.29, 0.717) is 11.7 Å². The largest absolute Gasteiger partial charge is 0.399 e. The minimum Gasteiger partial charge on any atom is -0.399 e. The molecule has 4 heteroatoms. The highest BCUT2D eigenvalue weighted by Crippen LogP contribution is 2.30. The number of halogens is 1. The first-order valence-corrected chi connectivity index (χ1v) is 5.99. The first-order valence-electron chi connectivity index (χ1n) is 5.61. The third-order valence-corrected chi connectivity index (χ3v) is 3.28. The van der Waals surface area contributed by atoms with Crippen molar-refractivity contribution in [3.63, 3.8) is 0 Å². The molecule has 0 aromatic heterocycles. The van der Waals surface area contributed by atoms with E-state index in [4.69, 9.17) is 22.1 Å². The molecule has 3 nitrogen and oxygen atoms in total. The topological polar surface area (TPSA) is 38.5 Å². The molecule has 0 amide bonds. The van der Waals surface area contributed by atoms with Crippen LogP contribution in [0.5, 0.6) is 0 Å². The van der Waals surface area contributed by atoms with Gasteiger partial charge in [0.1, 0.15) is 0 Å². The van der Waals surface area contributed by atoms with Gasteiger partial charge in [0.2, 0.25) is 0 Å². The summed E-state index contributed by atoms with van der Waals surface area (Å²) in [6, 6.07) is 6.10. The molecule has 0 aliphatic carbocycles. The van der Waals surface area contributed by atoms with Crippen molar-refractivity contribution < 1.29 is 4.74 Å². The van der Waals surface area contributed by atoms with Crippen LogP contribution < -0.4 is 10.6 Å². The Morgan fingerprint density at radius 2 is 2.38 bits per heavy atom. The molecule has 0 bridgehead atoms. The van der Waals surface area contributed by atoms with E-state index in [9.17, 15) is 0 Å². The van der Waals surface area contributed by atoms with E-state index in [1.165, 1.54) is 0 Å². The van der Waals surface area contributed by atoms with Gasteiger partial charge in [0.15, 0.2) is 0 Å². The molecule has 1 unspecified atom stereocenters. The van der Waals surface area contributed by atoms with Gasteiger partial charge in [0.25, 0.3) is 0 Å². The zero-order valence-electron chi connectivity index (χ0n) is 9.45. The van der Waals surface area contributed by atoms with Gasteiger partial charge >= 0.3 is 0 Å². The van der Waals surface area contributed by atoms with Crippen molar-refractivity contribution in [1.29, 1.82) is 0 Å². The molecule has 1 heterocycles. The van der Waals surface area contributed by atoms with Gasteiger partial charge in [-0.1, -0.05) is 18.5 Å². The molecule has 1 aromatic rings. The number of nitrogen functional groups attached to an aromatic ring is 1. The van der Waals surface area contributed by atoms with Crippen LogP contribution in [-0.4, -0.2) is 25.8 Å². The molecule has 1 aliphatic rings. The average Bonchev–Trinajstić information content (AvgIpc) is 2.29. The van der Waals surface area contributed by atoms with Gasteiger partial charge in [0.05, 0.1) is 30.0 Å². The number of anilines is 2. The molecule has 0 saturated carbocycles. The van der Waals surface area contributed by atoms with E-state index >= 15 is 0 Å². The summed E-state index contributed by atoms with van der Waals surface area (Å²) < 4.78 is 5.48. The number of morpholine rings is 1. The van der Waals surface area contributed by atoms with Crippen molar-refractivity contribution in [2.75, 3.05) is 30.4 Å². The first-order chi connectivity index (χ1) is 7.72. The second-order valence-corrected chi connectivity index (χ2v) is 4.45. The standard InChI is InChI=1S/C12H17ClN2O/c1-2-10-8-16-6-5-15(10)12-4-3-9(14)7-11(12)13/h3-4,7,10H,2,5-6,8,14H2,1H3. The van der Waals surface area contributed by atoms with Crippen molar-refractivity contribution in [2.45, 2.75) is 19.4 Å². The quantitative estimate of drug-likeness (QED) is 0.808. The van der Waals surface area contributed by atoms with Crippen LogP contribution in [0, 0.1) is 0 Å². The summed E-state index contributed by atoms with van der Waals surface area (Å²) in [5.74, 6) is 0. The van der Waals surface area contributed by atoms with Crippen molar-refractivity contribution >= 4 is 23.0 Å². The van der Waals surface area contributed by atoms with Crippen molar-refractivity contribution in [3.8, 4) is 0 Å². The van der Waals surface area contributed by atoms with Crippen LogP contribution in [0.15, 0.2) is 18.2 Å². The number of rotatable bonds is 2. The van der Waals surface area contributed by atoms with Gasteiger partial charge in [-0.15, -0.1) is 0 Å². The lowest BCUT2D eigenvalue weighted by molar-refractivity contribution is 0.0930. The van der Waals surface area contributed by atoms with Crippen LogP contribution in [-0.2, 0) is 4.74 Å². The van der Waals surface area contributed by atoms with Gasteiger partial charge in [-0.2, -0.15) is 0 Å². The molecule has 1 aromatic carbocycles. The van der Waals surface area contributed by atoms with E-state index in [0.717, 1.165) is 36.9 Å². The van der Waals surface area contributed by atoms with Gasteiger partial charge in [0, 0.05) is 12.2 Å². The molecule has 2 rings (SSSR count). The Bertz CT molecular complexity index is 370. The Labute approximate surface area is 101 Å². The third kappa shape index (κ3) is 2.25. The number of hydrogen-bond donors (Lipinski definition) is 1. The summed E-state index contributed by atoms with van der Waals surface area (Å²) in [5, 5.41) is 0.723. The van der Waals surface area contributed by atoms with Crippen molar-refractivity contribution in [1.82, 2.24) is 0 Å². The molecule has 0 spiro atoms. The fraction of sp³-hybridized carbons (Fsp3) is 0.500. The molecular formula is C12H17ClN2O. The van der Waals surface area contributed by atoms with Crippen LogP contribution >= 0.6 is 11.6 Å². The molecule has 16 heavy (non-hydrogen) atoms. The monoisotopic (exact) mass is 240 g/mol. The SMILES string of the molecule is CCC1COCCN1c1ccc(N)cc1Cl. The summed E-state index contributed by atoms with van der Waals surface area (Å²) in [4.78, 5) is 2.31. The number of benzene rings is 1. The summed E-state index contributed by atoms with van der Waals surface area (Å²) in [7, 11) is 0. The minimum atomic E-state index is 0.412. The maximum absolute atomic E-state index is 6.22. The normalized spacial score (nSPS) is 21.1. The predicted octanol–water partition coefficient (Wildman–Crippen LogP) is 2.54. The molecular weight excluding hydrogens is 224 g/mol. The Morgan fingerprint density at radius 3 is 3.06 bits per heavy atom. The molecule has 0 radical (unpaired) electrons. The van der Waals surface area contributed by atoms with Crippen LogP contribution in [0.3, 0.4) is 0 Å². The summed E-state index contributed by atoms with van der Waals surface area (Å²) in [5.41, 5.74) is 7.46. The smallest absolute Gasteiger partial charge is 0.0670 e. The predicted molar refractivity (Wildman–Crippen MR) is 68.1 cm³/mol. The molecule has 1 aliphatic heterocycles. The Hall–Kier alpha value is -0.930. The van der Waals surface area contributed by atoms with Crippen molar-refractivity contribution in [2.24, 2.45) is 0 Å². The second-order valence-electron chi connectivity index (χ2n) is 4.04. The first kappa shape index (κ1) is 11.6. The molecule has 1 atom stereocenters. The number of nitrogens with zero attached hydrogens (tertiary/aromatic N) is 1. The average molecular weight is 241 g/mol. The zero-order chi connectivity index (χ0) is 11.5. The Balaban J connectivity index is 2.27. The maximum Gasteiger partial charge on any atom is 0.0670 e. The number of nitrogens with two attached hydrogens (primary N) is 1. The fourth-order valence-corrected chi connectivity index (χ4v) is 2.36. The highest BCUT2D eigenvalue weighted by molar-refractivity contribution is 6.33. The molecule has 1 fully saturated rings. The zero-order valence-corrected chi connectivity index (χ0v) is 10.2. The maximum atomic E-state index is 6.22. The van der Waals surface area contributed by atoms with Crippen LogP contribution in [0.25, 0.3) is 0 Å². The van der Waals surface area contributed by atoms with Gasteiger partial charge < -0.3 is 15.4 Å². The van der Waals surface area contributed by atoms with E-state index in [-0.39, 0.29) is 0 Å². The molecule has 1 saturated heterocycles. The van der Waals surface area contributed by atoms with Crippen LogP contribution in [0.4, 0.5) is 11.4 Å². The summed E-state index contributed by atoms with van der Waals surface area (Å²) >= 11 is 6.22. The lowest BCUT2D eigenvalue weighted by atomic mass is 10.1. The summed E-state index contributed by atoms with van der Waals surface area (Å²) in [6.07, 6.45) is 1.06. The van der Waals surface area contributed by atoms with Gasteiger partial charge in [-0.05, 0) is 24.6 Å². The Kier molecular flexibility index (Phi) is 3.56. The highest BCUT2D eigenvalue weighted by atomic mass is 35.5. The lowest BCUT2D eigenvalue weighted by Crippen LogP contribution is -2.45. The van der Waals surface area contributed by atoms with E-state index < -0.39 is 0 Å². The van der Waals surface area contributed by atoms with Crippen molar-refractivity contribution in [3.05, 3.63) is 23.2 Å².